The fraction of sp³-hybridized carbons (Fsp3) is 0.571. The number of benzene rings is 1. The van der Waals surface area contributed by atoms with Crippen molar-refractivity contribution in [3.63, 3.8) is 0 Å². The van der Waals surface area contributed by atoms with E-state index in [1.165, 1.54) is 0 Å². The molecule has 2 heteroatoms. The van der Waals surface area contributed by atoms with Gasteiger partial charge in [0, 0.05) is 5.56 Å². The van der Waals surface area contributed by atoms with Gasteiger partial charge in [-0.3, -0.25) is 0 Å². The molecule has 1 atom stereocenters. The molecule has 0 radical (unpaired) electrons. The maximum atomic E-state index is 6.40. The molecule has 1 aliphatic rings. The van der Waals surface area contributed by atoms with Crippen molar-refractivity contribution in [2.75, 3.05) is 0 Å². The molecule has 1 heterocycles. The van der Waals surface area contributed by atoms with Crippen LogP contribution in [0, 0.1) is 11.8 Å². The summed E-state index contributed by atoms with van der Waals surface area (Å²) in [6.07, 6.45) is 0. The predicted molar refractivity (Wildman–Crippen MR) is 66.4 cm³/mol. The van der Waals surface area contributed by atoms with Gasteiger partial charge in [-0.15, -0.1) is 0 Å². The molecule has 0 bridgehead atoms. The number of ether oxygens (including phenoxy) is 1. The molecule has 0 fully saturated rings. The van der Waals surface area contributed by atoms with Crippen LogP contribution in [0.15, 0.2) is 24.3 Å². The SMILES string of the molecule is CC(C)C1(C(C)C)Oc2ccccc2[C@H]1N. The van der Waals surface area contributed by atoms with Crippen LogP contribution in [-0.4, -0.2) is 5.60 Å². The van der Waals surface area contributed by atoms with Gasteiger partial charge in [0.25, 0.3) is 0 Å². The third-order valence-corrected chi connectivity index (χ3v) is 3.83. The summed E-state index contributed by atoms with van der Waals surface area (Å²) in [7, 11) is 0. The fourth-order valence-corrected chi connectivity index (χ4v) is 2.95. The summed E-state index contributed by atoms with van der Waals surface area (Å²) < 4.78 is 6.20. The van der Waals surface area contributed by atoms with Crippen molar-refractivity contribution < 1.29 is 4.74 Å². The Morgan fingerprint density at radius 2 is 1.69 bits per heavy atom. The molecule has 2 nitrogen and oxygen atoms in total. The van der Waals surface area contributed by atoms with Crippen LogP contribution < -0.4 is 10.5 Å². The minimum atomic E-state index is -0.260. The van der Waals surface area contributed by atoms with Crippen molar-refractivity contribution >= 4 is 0 Å². The molecule has 0 saturated heterocycles. The van der Waals surface area contributed by atoms with Gasteiger partial charge in [-0.1, -0.05) is 45.9 Å². The quantitative estimate of drug-likeness (QED) is 0.829. The molecular weight excluding hydrogens is 198 g/mol. The Morgan fingerprint density at radius 1 is 1.12 bits per heavy atom. The summed E-state index contributed by atoms with van der Waals surface area (Å²) in [5, 5.41) is 0. The lowest BCUT2D eigenvalue weighted by Crippen LogP contribution is -2.51. The van der Waals surface area contributed by atoms with Gasteiger partial charge in [0.05, 0.1) is 6.04 Å². The normalized spacial score (nSPS) is 22.3. The summed E-state index contributed by atoms with van der Waals surface area (Å²) >= 11 is 0. The number of fused-ring (bicyclic) bond motifs is 1. The van der Waals surface area contributed by atoms with E-state index in [4.69, 9.17) is 10.5 Å². The lowest BCUT2D eigenvalue weighted by atomic mass is 9.74. The highest BCUT2D eigenvalue weighted by molar-refractivity contribution is 5.43. The van der Waals surface area contributed by atoms with Gasteiger partial charge in [-0.05, 0) is 17.9 Å². The number of hydrogen-bond donors (Lipinski definition) is 1. The van der Waals surface area contributed by atoms with E-state index in [1.54, 1.807) is 0 Å². The van der Waals surface area contributed by atoms with Crippen LogP contribution in [0.3, 0.4) is 0 Å². The van der Waals surface area contributed by atoms with Crippen molar-refractivity contribution in [1.82, 2.24) is 0 Å². The average molecular weight is 219 g/mol. The smallest absolute Gasteiger partial charge is 0.133 e. The van der Waals surface area contributed by atoms with E-state index in [-0.39, 0.29) is 11.6 Å². The Kier molecular flexibility index (Phi) is 2.70. The molecule has 0 amide bonds. The predicted octanol–water partition coefficient (Wildman–Crippen LogP) is 3.13. The first-order valence-electron chi connectivity index (χ1n) is 6.03. The molecular formula is C14H21NO. The molecule has 1 aromatic carbocycles. The van der Waals surface area contributed by atoms with Crippen molar-refractivity contribution in [3.8, 4) is 5.75 Å². The first-order valence-corrected chi connectivity index (χ1v) is 6.03. The maximum Gasteiger partial charge on any atom is 0.133 e. The van der Waals surface area contributed by atoms with Gasteiger partial charge in [0.2, 0.25) is 0 Å². The molecule has 16 heavy (non-hydrogen) atoms. The molecule has 2 rings (SSSR count). The highest BCUT2D eigenvalue weighted by Gasteiger charge is 2.50. The van der Waals surface area contributed by atoms with Gasteiger partial charge in [-0.2, -0.15) is 0 Å². The van der Waals surface area contributed by atoms with Crippen LogP contribution in [-0.2, 0) is 0 Å². The minimum absolute atomic E-state index is 0.0244. The first kappa shape index (κ1) is 11.5. The molecule has 0 spiro atoms. The van der Waals surface area contributed by atoms with E-state index in [9.17, 15) is 0 Å². The second-order valence-electron chi connectivity index (χ2n) is 5.28. The summed E-state index contributed by atoms with van der Waals surface area (Å²) in [5.74, 6) is 1.75. The maximum absolute atomic E-state index is 6.40. The van der Waals surface area contributed by atoms with Crippen LogP contribution in [0.5, 0.6) is 5.75 Å². The Bertz CT molecular complexity index is 376. The van der Waals surface area contributed by atoms with E-state index in [0.717, 1.165) is 11.3 Å². The Hall–Kier alpha value is -1.02. The molecule has 1 aromatic rings. The minimum Gasteiger partial charge on any atom is -0.484 e. The highest BCUT2D eigenvalue weighted by atomic mass is 16.5. The third-order valence-electron chi connectivity index (χ3n) is 3.83. The first-order chi connectivity index (χ1) is 7.50. The van der Waals surface area contributed by atoms with E-state index >= 15 is 0 Å². The zero-order valence-corrected chi connectivity index (χ0v) is 10.5. The zero-order valence-electron chi connectivity index (χ0n) is 10.5. The second kappa shape index (κ2) is 3.77. The van der Waals surface area contributed by atoms with Crippen molar-refractivity contribution in [1.29, 1.82) is 0 Å². The fourth-order valence-electron chi connectivity index (χ4n) is 2.95. The molecule has 0 aliphatic carbocycles. The van der Waals surface area contributed by atoms with Crippen LogP contribution in [0.1, 0.15) is 39.3 Å². The number of nitrogens with two attached hydrogens (primary N) is 1. The number of rotatable bonds is 2. The average Bonchev–Trinajstić information content (AvgIpc) is 2.54. The topological polar surface area (TPSA) is 35.2 Å². The van der Waals surface area contributed by atoms with Crippen LogP contribution in [0.25, 0.3) is 0 Å². The van der Waals surface area contributed by atoms with Crippen molar-refractivity contribution in [3.05, 3.63) is 29.8 Å². The standard InChI is InChI=1S/C14H21NO/c1-9(2)14(10(3)4)13(15)11-7-5-6-8-12(11)16-14/h5-10,13H,15H2,1-4H3/t13-/m1/s1. The largest absolute Gasteiger partial charge is 0.484 e. The molecule has 88 valence electrons. The monoisotopic (exact) mass is 219 g/mol. The Balaban J connectivity index is 2.49. The third kappa shape index (κ3) is 1.36. The van der Waals surface area contributed by atoms with Crippen molar-refractivity contribution in [2.24, 2.45) is 17.6 Å². The van der Waals surface area contributed by atoms with E-state index in [1.807, 2.05) is 18.2 Å². The van der Waals surface area contributed by atoms with Gasteiger partial charge < -0.3 is 10.5 Å². The van der Waals surface area contributed by atoms with E-state index in [0.29, 0.717) is 11.8 Å². The summed E-state index contributed by atoms with van der Waals surface area (Å²) in [4.78, 5) is 0. The van der Waals surface area contributed by atoms with Gasteiger partial charge in [0.15, 0.2) is 0 Å². The van der Waals surface area contributed by atoms with Crippen molar-refractivity contribution in [2.45, 2.75) is 39.3 Å². The summed E-state index contributed by atoms with van der Waals surface area (Å²) in [6.45, 7) is 8.75. The summed E-state index contributed by atoms with van der Waals surface area (Å²) in [6, 6.07) is 8.10. The van der Waals surface area contributed by atoms with E-state index in [2.05, 4.69) is 33.8 Å². The molecule has 0 unspecified atom stereocenters. The molecule has 0 aromatic heterocycles. The van der Waals surface area contributed by atoms with Gasteiger partial charge >= 0.3 is 0 Å². The Labute approximate surface area is 97.8 Å². The van der Waals surface area contributed by atoms with Crippen LogP contribution >= 0.6 is 0 Å². The molecule has 0 saturated carbocycles. The van der Waals surface area contributed by atoms with Crippen LogP contribution in [0.2, 0.25) is 0 Å². The Morgan fingerprint density at radius 3 is 2.19 bits per heavy atom. The number of para-hydroxylation sites is 1. The lowest BCUT2D eigenvalue weighted by Gasteiger charge is -2.40. The molecule has 2 N–H and O–H groups in total. The van der Waals surface area contributed by atoms with Gasteiger partial charge in [-0.25, -0.2) is 0 Å². The highest BCUT2D eigenvalue weighted by Crippen LogP contribution is 2.49. The second-order valence-corrected chi connectivity index (χ2v) is 5.28. The molecule has 1 aliphatic heterocycles. The number of hydrogen-bond acceptors (Lipinski definition) is 2. The zero-order chi connectivity index (χ0) is 11.9. The van der Waals surface area contributed by atoms with Gasteiger partial charge in [0.1, 0.15) is 11.4 Å². The lowest BCUT2D eigenvalue weighted by molar-refractivity contribution is -0.0220. The van der Waals surface area contributed by atoms with E-state index < -0.39 is 0 Å². The van der Waals surface area contributed by atoms with Crippen LogP contribution in [0.4, 0.5) is 0 Å². The summed E-state index contributed by atoms with van der Waals surface area (Å²) in [5.41, 5.74) is 7.29.